The van der Waals surface area contributed by atoms with E-state index in [1.54, 1.807) is 0 Å². The van der Waals surface area contributed by atoms with Gasteiger partial charge in [-0.3, -0.25) is 0 Å². The highest BCUT2D eigenvalue weighted by atomic mass is 15.2. The highest BCUT2D eigenvalue weighted by Crippen LogP contribution is 2.29. The number of nitrogens with two attached hydrogens (primary N) is 1. The van der Waals surface area contributed by atoms with Crippen molar-refractivity contribution in [3.8, 4) is 0 Å². The van der Waals surface area contributed by atoms with Crippen molar-refractivity contribution in [2.24, 2.45) is 0 Å². The lowest BCUT2D eigenvalue weighted by Gasteiger charge is -2.29. The summed E-state index contributed by atoms with van der Waals surface area (Å²) in [4.78, 5) is 5.11. The fourth-order valence-electron chi connectivity index (χ4n) is 3.14. The number of anilines is 2. The first-order valence-corrected chi connectivity index (χ1v) is 7.19. The molecule has 1 saturated heterocycles. The maximum atomic E-state index is 5.89. The van der Waals surface area contributed by atoms with Gasteiger partial charge in [-0.1, -0.05) is 12.5 Å². The highest BCUT2D eigenvalue weighted by molar-refractivity contribution is 5.64. The molecule has 0 spiro atoms. The molecule has 1 aromatic carbocycles. The molecule has 3 nitrogen and oxygen atoms in total. The minimum Gasteiger partial charge on any atom is -0.399 e. The first kappa shape index (κ1) is 11.8. The lowest BCUT2D eigenvalue weighted by Crippen LogP contribution is -2.37. The molecule has 1 aromatic rings. The number of hydrogen-bond donors (Lipinski definition) is 1. The van der Waals surface area contributed by atoms with Gasteiger partial charge in [-0.15, -0.1) is 0 Å². The van der Waals surface area contributed by atoms with Gasteiger partial charge in [-0.2, -0.15) is 0 Å². The van der Waals surface area contributed by atoms with Crippen molar-refractivity contribution in [1.29, 1.82) is 0 Å². The standard InChI is InChI=1S/C15H23N3/c16-14-5-4-13-6-9-18(15(13)12-14)11-10-17-7-2-1-3-8-17/h4-5,12H,1-3,6-11,16H2. The van der Waals surface area contributed by atoms with Crippen LogP contribution in [0.3, 0.4) is 0 Å². The molecule has 98 valence electrons. The van der Waals surface area contributed by atoms with Gasteiger partial charge in [0.2, 0.25) is 0 Å². The van der Waals surface area contributed by atoms with Gasteiger partial charge in [0.1, 0.15) is 0 Å². The number of nitrogen functional groups attached to an aromatic ring is 1. The van der Waals surface area contributed by atoms with Crippen LogP contribution in [0.15, 0.2) is 18.2 Å². The third-order valence-corrected chi connectivity index (χ3v) is 4.24. The van der Waals surface area contributed by atoms with Crippen molar-refractivity contribution in [3.05, 3.63) is 23.8 Å². The number of rotatable bonds is 3. The number of likely N-dealkylation sites (tertiary alicyclic amines) is 1. The number of fused-ring (bicyclic) bond motifs is 1. The second-order valence-corrected chi connectivity index (χ2v) is 5.53. The molecule has 2 aliphatic rings. The Morgan fingerprint density at radius 3 is 2.67 bits per heavy atom. The van der Waals surface area contributed by atoms with Crippen molar-refractivity contribution >= 4 is 11.4 Å². The Labute approximate surface area is 110 Å². The Balaban J connectivity index is 1.60. The van der Waals surface area contributed by atoms with Gasteiger partial charge in [-0.25, -0.2) is 0 Å². The summed E-state index contributed by atoms with van der Waals surface area (Å²) in [5.74, 6) is 0. The van der Waals surface area contributed by atoms with Gasteiger partial charge >= 0.3 is 0 Å². The first-order chi connectivity index (χ1) is 8.83. The summed E-state index contributed by atoms with van der Waals surface area (Å²) in [7, 11) is 0. The lowest BCUT2D eigenvalue weighted by molar-refractivity contribution is 0.233. The zero-order chi connectivity index (χ0) is 12.4. The van der Waals surface area contributed by atoms with Crippen molar-refractivity contribution < 1.29 is 0 Å². The maximum absolute atomic E-state index is 5.89. The Hall–Kier alpha value is -1.22. The molecule has 3 rings (SSSR count). The number of piperidine rings is 1. The number of benzene rings is 1. The van der Waals surface area contributed by atoms with Crippen LogP contribution >= 0.6 is 0 Å². The van der Waals surface area contributed by atoms with E-state index in [0.717, 1.165) is 18.8 Å². The molecule has 0 radical (unpaired) electrons. The Kier molecular flexibility index (Phi) is 3.41. The van der Waals surface area contributed by atoms with Gasteiger partial charge < -0.3 is 15.5 Å². The first-order valence-electron chi connectivity index (χ1n) is 7.19. The summed E-state index contributed by atoms with van der Waals surface area (Å²) in [6.45, 7) is 6.09. The predicted octanol–water partition coefficient (Wildman–Crippen LogP) is 2.12. The molecule has 0 bridgehead atoms. The molecular weight excluding hydrogens is 222 g/mol. The predicted molar refractivity (Wildman–Crippen MR) is 77.1 cm³/mol. The summed E-state index contributed by atoms with van der Waals surface area (Å²) >= 11 is 0. The number of nitrogens with zero attached hydrogens (tertiary/aromatic N) is 2. The zero-order valence-corrected chi connectivity index (χ0v) is 11.1. The van der Waals surface area contributed by atoms with E-state index in [1.165, 1.54) is 56.6 Å². The average Bonchev–Trinajstić information content (AvgIpc) is 2.80. The summed E-state index contributed by atoms with van der Waals surface area (Å²) < 4.78 is 0. The number of hydrogen-bond acceptors (Lipinski definition) is 3. The smallest absolute Gasteiger partial charge is 0.0420 e. The average molecular weight is 245 g/mol. The maximum Gasteiger partial charge on any atom is 0.0420 e. The summed E-state index contributed by atoms with van der Waals surface area (Å²) in [5.41, 5.74) is 9.61. The van der Waals surface area contributed by atoms with Gasteiger partial charge in [0, 0.05) is 31.0 Å². The molecule has 0 aliphatic carbocycles. The minimum atomic E-state index is 0.888. The van der Waals surface area contributed by atoms with Crippen LogP contribution < -0.4 is 10.6 Å². The monoisotopic (exact) mass is 245 g/mol. The lowest BCUT2D eigenvalue weighted by atomic mass is 10.1. The molecule has 2 aliphatic heterocycles. The second kappa shape index (κ2) is 5.19. The molecule has 2 heterocycles. The summed E-state index contributed by atoms with van der Waals surface area (Å²) in [6, 6.07) is 6.34. The van der Waals surface area contributed by atoms with E-state index in [-0.39, 0.29) is 0 Å². The normalized spacial score (nSPS) is 20.1. The Morgan fingerprint density at radius 1 is 1.00 bits per heavy atom. The van der Waals surface area contributed by atoms with Crippen LogP contribution in [0.25, 0.3) is 0 Å². The fourth-order valence-corrected chi connectivity index (χ4v) is 3.14. The molecule has 2 N–H and O–H groups in total. The van der Waals surface area contributed by atoms with Crippen molar-refractivity contribution in [3.63, 3.8) is 0 Å². The largest absolute Gasteiger partial charge is 0.399 e. The van der Waals surface area contributed by atoms with Gasteiger partial charge in [-0.05, 0) is 50.0 Å². The molecule has 18 heavy (non-hydrogen) atoms. The van der Waals surface area contributed by atoms with E-state index in [1.807, 2.05) is 6.07 Å². The molecule has 0 aromatic heterocycles. The topological polar surface area (TPSA) is 32.5 Å². The molecule has 0 amide bonds. The summed E-state index contributed by atoms with van der Waals surface area (Å²) in [6.07, 6.45) is 5.35. The van der Waals surface area contributed by atoms with Crippen LogP contribution in [0, 0.1) is 0 Å². The van der Waals surface area contributed by atoms with E-state index < -0.39 is 0 Å². The third kappa shape index (κ3) is 2.46. The molecule has 0 unspecified atom stereocenters. The van der Waals surface area contributed by atoms with E-state index >= 15 is 0 Å². The van der Waals surface area contributed by atoms with Gasteiger partial charge in [0.15, 0.2) is 0 Å². The van der Waals surface area contributed by atoms with E-state index in [0.29, 0.717) is 0 Å². The highest BCUT2D eigenvalue weighted by Gasteiger charge is 2.20. The fraction of sp³-hybridized carbons (Fsp3) is 0.600. The van der Waals surface area contributed by atoms with Crippen LogP contribution in [0.1, 0.15) is 24.8 Å². The van der Waals surface area contributed by atoms with Gasteiger partial charge in [0.25, 0.3) is 0 Å². The molecular formula is C15H23N3. The third-order valence-electron chi connectivity index (χ3n) is 4.24. The van der Waals surface area contributed by atoms with Crippen LogP contribution in [0.5, 0.6) is 0 Å². The van der Waals surface area contributed by atoms with Crippen LogP contribution in [0.2, 0.25) is 0 Å². The quantitative estimate of drug-likeness (QED) is 0.828. The van der Waals surface area contributed by atoms with Crippen molar-refractivity contribution in [2.45, 2.75) is 25.7 Å². The van der Waals surface area contributed by atoms with Crippen molar-refractivity contribution in [2.75, 3.05) is 43.4 Å². The minimum absolute atomic E-state index is 0.888. The zero-order valence-electron chi connectivity index (χ0n) is 11.1. The second-order valence-electron chi connectivity index (χ2n) is 5.53. The Bertz CT molecular complexity index is 410. The van der Waals surface area contributed by atoms with E-state index in [9.17, 15) is 0 Å². The van der Waals surface area contributed by atoms with Gasteiger partial charge in [0.05, 0.1) is 0 Å². The van der Waals surface area contributed by atoms with Crippen LogP contribution in [-0.2, 0) is 6.42 Å². The molecule has 3 heteroatoms. The van der Waals surface area contributed by atoms with E-state index in [2.05, 4.69) is 21.9 Å². The SMILES string of the molecule is Nc1ccc2c(c1)N(CCN1CCCCC1)CC2. The van der Waals surface area contributed by atoms with E-state index in [4.69, 9.17) is 5.73 Å². The van der Waals surface area contributed by atoms with Crippen molar-refractivity contribution in [1.82, 2.24) is 4.90 Å². The molecule has 0 saturated carbocycles. The molecule has 0 atom stereocenters. The molecule has 1 fully saturated rings. The van der Waals surface area contributed by atoms with Crippen LogP contribution in [0.4, 0.5) is 11.4 Å². The summed E-state index contributed by atoms with van der Waals surface area (Å²) in [5, 5.41) is 0. The Morgan fingerprint density at radius 2 is 1.83 bits per heavy atom. The van der Waals surface area contributed by atoms with Crippen LogP contribution in [-0.4, -0.2) is 37.6 Å².